The Morgan fingerprint density at radius 1 is 1.45 bits per heavy atom. The highest BCUT2D eigenvalue weighted by Gasteiger charge is 2.27. The van der Waals surface area contributed by atoms with Crippen LogP contribution in [0.3, 0.4) is 0 Å². The lowest BCUT2D eigenvalue weighted by Crippen LogP contribution is -2.36. The number of carbonyl (C=O) groups is 2. The van der Waals surface area contributed by atoms with E-state index in [-0.39, 0.29) is 42.7 Å². The predicted molar refractivity (Wildman–Crippen MR) is 68.9 cm³/mol. The number of hydrogen-bond donors (Lipinski definition) is 1. The molecular formula is C14H16F2N2O2. The molecule has 1 fully saturated rings. The number of nitrogens with one attached hydrogen (secondary N) is 1. The van der Waals surface area contributed by atoms with Gasteiger partial charge < -0.3 is 10.2 Å². The summed E-state index contributed by atoms with van der Waals surface area (Å²) < 4.78 is 26.4. The molecule has 1 saturated heterocycles. The summed E-state index contributed by atoms with van der Waals surface area (Å²) in [4.78, 5) is 24.6. The smallest absolute Gasteiger partial charge is 0.224 e. The molecule has 0 unspecified atom stereocenters. The number of likely N-dealkylation sites (N-methyl/N-ethyl adjacent to an activating group) is 1. The molecule has 2 amide bonds. The van der Waals surface area contributed by atoms with Crippen LogP contribution >= 0.6 is 0 Å². The summed E-state index contributed by atoms with van der Waals surface area (Å²) in [5, 5.41) is 2.73. The second kappa shape index (κ2) is 5.98. The van der Waals surface area contributed by atoms with Crippen molar-refractivity contribution >= 4 is 11.8 Å². The van der Waals surface area contributed by atoms with Gasteiger partial charge >= 0.3 is 0 Å². The lowest BCUT2D eigenvalue weighted by atomic mass is 10.1. The molecule has 0 saturated carbocycles. The van der Waals surface area contributed by atoms with E-state index in [2.05, 4.69) is 5.32 Å². The van der Waals surface area contributed by atoms with Gasteiger partial charge in [-0.15, -0.1) is 0 Å². The van der Waals surface area contributed by atoms with Crippen molar-refractivity contribution < 1.29 is 18.4 Å². The van der Waals surface area contributed by atoms with Crippen molar-refractivity contribution in [2.45, 2.75) is 25.3 Å². The van der Waals surface area contributed by atoms with Crippen LogP contribution in [-0.2, 0) is 16.0 Å². The van der Waals surface area contributed by atoms with E-state index >= 15 is 0 Å². The lowest BCUT2D eigenvalue weighted by molar-refractivity contribution is -0.126. The van der Waals surface area contributed by atoms with Crippen LogP contribution in [0.2, 0.25) is 0 Å². The molecule has 6 heteroatoms. The Bertz CT molecular complexity index is 534. The van der Waals surface area contributed by atoms with Crippen molar-refractivity contribution in [3.8, 4) is 0 Å². The van der Waals surface area contributed by atoms with Gasteiger partial charge in [-0.05, 0) is 30.2 Å². The zero-order valence-electron chi connectivity index (χ0n) is 11.2. The molecule has 1 N–H and O–H groups in total. The van der Waals surface area contributed by atoms with Crippen LogP contribution in [0.4, 0.5) is 8.78 Å². The molecule has 20 heavy (non-hydrogen) atoms. The van der Waals surface area contributed by atoms with E-state index in [1.54, 1.807) is 11.9 Å². The number of amides is 2. The lowest BCUT2D eigenvalue weighted by Gasteiger charge is -2.12. The third kappa shape index (κ3) is 3.53. The third-order valence-corrected chi connectivity index (χ3v) is 3.34. The van der Waals surface area contributed by atoms with E-state index in [1.807, 2.05) is 0 Å². The third-order valence-electron chi connectivity index (χ3n) is 3.34. The molecule has 108 valence electrons. The van der Waals surface area contributed by atoms with Crippen molar-refractivity contribution in [1.29, 1.82) is 0 Å². The van der Waals surface area contributed by atoms with Crippen molar-refractivity contribution in [1.82, 2.24) is 10.2 Å². The molecule has 2 rings (SSSR count). The van der Waals surface area contributed by atoms with E-state index < -0.39 is 11.6 Å². The normalized spacial score (nSPS) is 18.4. The number of aryl methyl sites for hydroxylation is 1. The molecule has 0 aliphatic carbocycles. The Labute approximate surface area is 115 Å². The first-order chi connectivity index (χ1) is 9.45. The highest BCUT2D eigenvalue weighted by atomic mass is 19.1. The number of carbonyl (C=O) groups excluding carboxylic acids is 2. The maximum absolute atomic E-state index is 13.4. The Morgan fingerprint density at radius 3 is 2.85 bits per heavy atom. The summed E-state index contributed by atoms with van der Waals surface area (Å²) in [5.41, 5.74) is 0.180. The maximum Gasteiger partial charge on any atom is 0.224 e. The monoisotopic (exact) mass is 282 g/mol. The van der Waals surface area contributed by atoms with Crippen LogP contribution in [0.1, 0.15) is 18.4 Å². The molecule has 1 atom stereocenters. The summed E-state index contributed by atoms with van der Waals surface area (Å²) in [6, 6.07) is 2.99. The number of rotatable bonds is 4. The number of likely N-dealkylation sites (tertiary alicyclic amines) is 1. The molecule has 1 heterocycles. The van der Waals surface area contributed by atoms with Crippen LogP contribution in [0.5, 0.6) is 0 Å². The van der Waals surface area contributed by atoms with Crippen molar-refractivity contribution in [3.63, 3.8) is 0 Å². The van der Waals surface area contributed by atoms with Gasteiger partial charge in [0.1, 0.15) is 11.6 Å². The minimum Gasteiger partial charge on any atom is -0.351 e. The summed E-state index contributed by atoms with van der Waals surface area (Å²) in [6.07, 6.45) is 0.483. The molecule has 1 aliphatic rings. The zero-order chi connectivity index (χ0) is 14.7. The highest BCUT2D eigenvalue weighted by molar-refractivity contribution is 5.82. The van der Waals surface area contributed by atoms with Gasteiger partial charge in [0.15, 0.2) is 0 Å². The van der Waals surface area contributed by atoms with Crippen molar-refractivity contribution in [2.75, 3.05) is 13.6 Å². The molecule has 0 aromatic heterocycles. The molecule has 1 aromatic carbocycles. The fourth-order valence-electron chi connectivity index (χ4n) is 2.24. The fraction of sp³-hybridized carbons (Fsp3) is 0.429. The quantitative estimate of drug-likeness (QED) is 0.903. The van der Waals surface area contributed by atoms with Crippen LogP contribution in [0.15, 0.2) is 18.2 Å². The largest absolute Gasteiger partial charge is 0.351 e. The first-order valence-corrected chi connectivity index (χ1v) is 6.43. The average Bonchev–Trinajstić information content (AvgIpc) is 2.69. The minimum atomic E-state index is -0.523. The molecule has 0 radical (unpaired) electrons. The van der Waals surface area contributed by atoms with Crippen LogP contribution in [0.25, 0.3) is 0 Å². The van der Waals surface area contributed by atoms with E-state index in [1.165, 1.54) is 0 Å². The first-order valence-electron chi connectivity index (χ1n) is 6.43. The molecule has 0 spiro atoms. The molecule has 1 aliphatic heterocycles. The Kier molecular flexibility index (Phi) is 4.32. The number of halogens is 2. The van der Waals surface area contributed by atoms with Gasteiger partial charge in [0.25, 0.3) is 0 Å². The van der Waals surface area contributed by atoms with Crippen LogP contribution in [0, 0.1) is 11.6 Å². The molecule has 0 bridgehead atoms. The van der Waals surface area contributed by atoms with Gasteiger partial charge in [0.2, 0.25) is 11.8 Å². The number of benzene rings is 1. The van der Waals surface area contributed by atoms with E-state index in [0.717, 1.165) is 18.2 Å². The molecule has 4 nitrogen and oxygen atoms in total. The Balaban J connectivity index is 1.83. The SMILES string of the molecule is CN1C[C@H](NC(=O)CCc2cc(F)ccc2F)CC1=O. The van der Waals surface area contributed by atoms with Crippen molar-refractivity contribution in [2.24, 2.45) is 0 Å². The van der Waals surface area contributed by atoms with Gasteiger partial charge in [0.05, 0.1) is 6.04 Å². The highest BCUT2D eigenvalue weighted by Crippen LogP contribution is 2.12. The van der Waals surface area contributed by atoms with Gasteiger partial charge in [-0.1, -0.05) is 0 Å². The van der Waals surface area contributed by atoms with E-state index in [9.17, 15) is 18.4 Å². The average molecular weight is 282 g/mol. The van der Waals surface area contributed by atoms with Crippen molar-refractivity contribution in [3.05, 3.63) is 35.4 Å². The van der Waals surface area contributed by atoms with Gasteiger partial charge in [-0.2, -0.15) is 0 Å². The summed E-state index contributed by atoms with van der Waals surface area (Å²) in [6.45, 7) is 0.485. The van der Waals surface area contributed by atoms with E-state index in [4.69, 9.17) is 0 Å². The van der Waals surface area contributed by atoms with E-state index in [0.29, 0.717) is 6.54 Å². The van der Waals surface area contributed by atoms with Gasteiger partial charge in [-0.3, -0.25) is 9.59 Å². The summed E-state index contributed by atoms with van der Waals surface area (Å²) in [7, 11) is 1.68. The summed E-state index contributed by atoms with van der Waals surface area (Å²) in [5.74, 6) is -1.31. The summed E-state index contributed by atoms with van der Waals surface area (Å²) >= 11 is 0. The molecule has 1 aromatic rings. The number of nitrogens with zero attached hydrogens (tertiary/aromatic N) is 1. The van der Waals surface area contributed by atoms with Crippen LogP contribution < -0.4 is 5.32 Å². The van der Waals surface area contributed by atoms with Gasteiger partial charge in [-0.25, -0.2) is 8.78 Å². The topological polar surface area (TPSA) is 49.4 Å². The predicted octanol–water partition coefficient (Wildman–Crippen LogP) is 1.24. The maximum atomic E-state index is 13.4. The fourth-order valence-corrected chi connectivity index (χ4v) is 2.24. The second-order valence-electron chi connectivity index (χ2n) is 4.98. The standard InChI is InChI=1S/C14H16F2N2O2/c1-18-8-11(7-14(18)20)17-13(19)5-2-9-6-10(15)3-4-12(9)16/h3-4,6,11H,2,5,7-8H2,1H3,(H,17,19)/t11-/m1/s1. The second-order valence-corrected chi connectivity index (χ2v) is 4.98. The Morgan fingerprint density at radius 2 is 2.20 bits per heavy atom. The molecular weight excluding hydrogens is 266 g/mol. The van der Waals surface area contributed by atoms with Crippen LogP contribution in [-0.4, -0.2) is 36.3 Å². The number of hydrogen-bond acceptors (Lipinski definition) is 2. The minimum absolute atomic E-state index is 0.00789. The Hall–Kier alpha value is -1.98. The first kappa shape index (κ1) is 14.4. The van der Waals surface area contributed by atoms with Gasteiger partial charge in [0, 0.05) is 26.4 Å². The zero-order valence-corrected chi connectivity index (χ0v) is 11.2.